The second kappa shape index (κ2) is 9.76. The molecule has 1 aromatic carbocycles. The predicted octanol–water partition coefficient (Wildman–Crippen LogP) is -1.02. The van der Waals surface area contributed by atoms with Crippen LogP contribution in [0.15, 0.2) is 12.1 Å². The van der Waals surface area contributed by atoms with Crippen LogP contribution in [0.1, 0.15) is 35.2 Å². The maximum atomic E-state index is 12.1. The molecule has 1 saturated heterocycles. The number of carbonyl (C=O) groups is 3. The van der Waals surface area contributed by atoms with Gasteiger partial charge in [-0.15, -0.1) is 0 Å². The highest BCUT2D eigenvalue weighted by Crippen LogP contribution is 2.56. The van der Waals surface area contributed by atoms with Crippen LogP contribution in [-0.4, -0.2) is 89.4 Å². The highest BCUT2D eigenvalue weighted by atomic mass is 16.5. The Hall–Kier alpha value is -2.83. The molecule has 12 heteroatoms. The van der Waals surface area contributed by atoms with E-state index in [0.717, 1.165) is 0 Å². The monoisotopic (exact) mass is 449 g/mol. The number of likely N-dealkylation sites (N-methyl/N-ethyl adjacent to an activating group) is 1. The van der Waals surface area contributed by atoms with Crippen molar-refractivity contribution >= 4 is 24.9 Å². The van der Waals surface area contributed by atoms with Gasteiger partial charge < -0.3 is 35.6 Å². The first-order valence-electron chi connectivity index (χ1n) is 10.4. The Morgan fingerprint density at radius 2 is 1.97 bits per heavy atom. The second-order valence-corrected chi connectivity index (χ2v) is 8.35. The van der Waals surface area contributed by atoms with E-state index in [0.29, 0.717) is 31.6 Å². The number of hydrogen-bond acceptors (Lipinski definition) is 8. The molecule has 1 heterocycles. The summed E-state index contributed by atoms with van der Waals surface area (Å²) in [6, 6.07) is 3.04. The highest BCUT2D eigenvalue weighted by Gasteiger charge is 2.48. The number of carbonyl (C=O) groups excluding carboxylic acids is 2. The zero-order valence-corrected chi connectivity index (χ0v) is 17.9. The Bertz CT molecular complexity index is 890. The summed E-state index contributed by atoms with van der Waals surface area (Å²) in [5.74, 6) is -3.30. The van der Waals surface area contributed by atoms with Crippen LogP contribution < -0.4 is 15.4 Å². The summed E-state index contributed by atoms with van der Waals surface area (Å²) in [4.78, 5) is 37.0. The Balaban J connectivity index is 1.54. The third-order valence-electron chi connectivity index (χ3n) is 5.91. The minimum absolute atomic E-state index is 0.0431. The van der Waals surface area contributed by atoms with Crippen LogP contribution in [0.25, 0.3) is 0 Å². The Morgan fingerprint density at radius 3 is 2.53 bits per heavy atom. The van der Waals surface area contributed by atoms with Gasteiger partial charge in [0.25, 0.3) is 0 Å². The number of aromatic carboxylic acids is 1. The van der Waals surface area contributed by atoms with E-state index in [2.05, 4.69) is 10.6 Å². The number of likely N-dealkylation sites (tertiary alicyclic amines) is 1. The molecule has 11 nitrogen and oxygen atoms in total. The third-order valence-corrected chi connectivity index (χ3v) is 5.91. The van der Waals surface area contributed by atoms with Crippen LogP contribution in [0.2, 0.25) is 5.82 Å². The topological polar surface area (TPSA) is 169 Å². The molecule has 32 heavy (non-hydrogen) atoms. The molecule has 6 N–H and O–H groups in total. The maximum Gasteiger partial charge on any atom is 0.455 e. The molecular weight excluding hydrogens is 421 g/mol. The lowest BCUT2D eigenvalue weighted by Gasteiger charge is -2.40. The lowest BCUT2D eigenvalue weighted by Crippen LogP contribution is -2.56. The zero-order chi connectivity index (χ0) is 23.6. The second-order valence-electron chi connectivity index (χ2n) is 8.35. The van der Waals surface area contributed by atoms with Gasteiger partial charge in [0.1, 0.15) is 23.2 Å². The highest BCUT2D eigenvalue weighted by molar-refractivity contribution is 6.44. The SMILES string of the molecule is CNC(=O)CNC(=O)[C@@H](C)CN1CC(Oc2ccc([C@@H]3C[C@@H]3B(O)O)c(O)c2C(=O)O)C1. The van der Waals surface area contributed by atoms with Crippen LogP contribution in [-0.2, 0) is 9.59 Å². The van der Waals surface area contributed by atoms with Gasteiger partial charge in [-0.25, -0.2) is 4.79 Å². The van der Waals surface area contributed by atoms with E-state index in [1.165, 1.54) is 13.1 Å². The van der Waals surface area contributed by atoms with Crippen molar-refractivity contribution < 1.29 is 39.4 Å². The number of nitrogens with one attached hydrogen (secondary N) is 2. The minimum atomic E-state index is -1.52. The van der Waals surface area contributed by atoms with E-state index in [1.54, 1.807) is 13.0 Å². The van der Waals surface area contributed by atoms with Gasteiger partial charge in [-0.3, -0.25) is 14.5 Å². The van der Waals surface area contributed by atoms with Crippen molar-refractivity contribution in [3.05, 3.63) is 23.3 Å². The Kier molecular flexibility index (Phi) is 7.27. The lowest BCUT2D eigenvalue weighted by atomic mass is 9.81. The van der Waals surface area contributed by atoms with Crippen molar-refractivity contribution in [3.8, 4) is 11.5 Å². The summed E-state index contributed by atoms with van der Waals surface area (Å²) in [6.45, 7) is 3.09. The molecule has 1 aliphatic carbocycles. The number of amides is 2. The van der Waals surface area contributed by atoms with E-state index in [9.17, 15) is 34.6 Å². The number of hydrogen-bond donors (Lipinski definition) is 6. The quantitative estimate of drug-likeness (QED) is 0.245. The number of aromatic hydroxyl groups is 1. The van der Waals surface area contributed by atoms with Crippen LogP contribution >= 0.6 is 0 Å². The van der Waals surface area contributed by atoms with Gasteiger partial charge in [0.05, 0.1) is 6.54 Å². The first kappa shape index (κ1) is 23.8. The number of carboxylic acids is 1. The van der Waals surface area contributed by atoms with Crippen molar-refractivity contribution in [3.63, 3.8) is 0 Å². The maximum absolute atomic E-state index is 12.1. The summed E-state index contributed by atoms with van der Waals surface area (Å²) >= 11 is 0. The van der Waals surface area contributed by atoms with Gasteiger partial charge in [-0.05, 0) is 24.0 Å². The van der Waals surface area contributed by atoms with Crippen molar-refractivity contribution in [2.45, 2.75) is 31.2 Å². The van der Waals surface area contributed by atoms with Crippen molar-refractivity contribution in [1.82, 2.24) is 15.5 Å². The van der Waals surface area contributed by atoms with Gasteiger partial charge in [-0.1, -0.05) is 13.0 Å². The zero-order valence-electron chi connectivity index (χ0n) is 17.9. The van der Waals surface area contributed by atoms with Crippen LogP contribution in [0.4, 0.5) is 0 Å². The molecule has 3 atom stereocenters. The molecular formula is C20H28BN3O8. The summed E-state index contributed by atoms with van der Waals surface area (Å²) in [7, 11) is -0.0265. The normalized spacial score (nSPS) is 21.2. The number of phenols is 1. The first-order valence-corrected chi connectivity index (χ1v) is 10.4. The van der Waals surface area contributed by atoms with E-state index < -0.39 is 24.7 Å². The third kappa shape index (κ3) is 5.32. The minimum Gasteiger partial charge on any atom is -0.507 e. The van der Waals surface area contributed by atoms with E-state index >= 15 is 0 Å². The molecule has 1 aromatic rings. The molecule has 2 amide bonds. The molecule has 0 unspecified atom stereocenters. The van der Waals surface area contributed by atoms with Crippen molar-refractivity contribution in [2.75, 3.05) is 33.2 Å². The Labute approximate surface area is 185 Å². The molecule has 1 aliphatic heterocycles. The molecule has 2 fully saturated rings. The fourth-order valence-electron chi connectivity index (χ4n) is 3.92. The summed E-state index contributed by atoms with van der Waals surface area (Å²) in [5.41, 5.74) is 0.0145. The predicted molar refractivity (Wildman–Crippen MR) is 113 cm³/mol. The summed E-state index contributed by atoms with van der Waals surface area (Å²) in [6.07, 6.45) is 0.157. The number of benzene rings is 1. The average molecular weight is 449 g/mol. The fourth-order valence-corrected chi connectivity index (χ4v) is 3.92. The van der Waals surface area contributed by atoms with Gasteiger partial charge in [-0.2, -0.15) is 0 Å². The number of rotatable bonds is 10. The molecule has 1 saturated carbocycles. The van der Waals surface area contributed by atoms with Gasteiger partial charge in [0.15, 0.2) is 0 Å². The lowest BCUT2D eigenvalue weighted by molar-refractivity contribution is -0.129. The van der Waals surface area contributed by atoms with Crippen molar-refractivity contribution in [1.29, 1.82) is 0 Å². The molecule has 3 rings (SSSR count). The standard InChI is InChI=1S/C20H28BN3O8/c1-10(19(27)23-6-16(25)22-2)7-24-8-11(9-24)32-15-4-3-12(13-5-14(13)21(30)31)18(26)17(15)20(28)29/h3-4,10-11,13-14,26,30-31H,5-9H2,1-2H3,(H,22,25)(H,23,27)(H,28,29)/t10-,13-,14-/m0/s1. The fraction of sp³-hybridized carbons (Fsp3) is 0.550. The molecule has 174 valence electrons. The van der Waals surface area contributed by atoms with Gasteiger partial charge >= 0.3 is 13.1 Å². The molecule has 0 spiro atoms. The summed E-state index contributed by atoms with van der Waals surface area (Å²) < 4.78 is 5.78. The smallest absolute Gasteiger partial charge is 0.455 e. The van der Waals surface area contributed by atoms with Crippen LogP contribution in [0.5, 0.6) is 11.5 Å². The van der Waals surface area contributed by atoms with Gasteiger partial charge in [0.2, 0.25) is 11.8 Å². The van der Waals surface area contributed by atoms with Crippen LogP contribution in [0.3, 0.4) is 0 Å². The number of ether oxygens (including phenoxy) is 1. The van der Waals surface area contributed by atoms with E-state index in [4.69, 9.17) is 4.74 Å². The van der Waals surface area contributed by atoms with E-state index in [-0.39, 0.29) is 47.6 Å². The van der Waals surface area contributed by atoms with Gasteiger partial charge in [0, 0.05) is 38.4 Å². The first-order chi connectivity index (χ1) is 15.1. The van der Waals surface area contributed by atoms with Crippen molar-refractivity contribution in [2.24, 2.45) is 5.92 Å². The average Bonchev–Trinajstić information content (AvgIpc) is 3.50. The molecule has 0 bridgehead atoms. The largest absolute Gasteiger partial charge is 0.507 e. The number of carboxylic acid groups (broad SMARTS) is 1. The van der Waals surface area contributed by atoms with E-state index in [1.807, 2.05) is 4.90 Å². The van der Waals surface area contributed by atoms with Crippen LogP contribution in [0, 0.1) is 5.92 Å². The Morgan fingerprint density at radius 1 is 1.28 bits per heavy atom. The summed E-state index contributed by atoms with van der Waals surface area (Å²) in [5, 5.41) is 43.6. The number of nitrogens with zero attached hydrogens (tertiary/aromatic N) is 1. The molecule has 0 radical (unpaired) electrons. The molecule has 2 aliphatic rings. The molecule has 0 aromatic heterocycles.